The molecule has 0 spiro atoms. The first-order chi connectivity index (χ1) is 8.72. The fourth-order valence-corrected chi connectivity index (χ4v) is 1.22. The number of nitrogens with one attached hydrogen (secondary N) is 1. The van der Waals surface area contributed by atoms with Gasteiger partial charge in [-0.25, -0.2) is 4.39 Å². The molecule has 0 unspecified atom stereocenters. The van der Waals surface area contributed by atoms with Crippen molar-refractivity contribution in [2.45, 2.75) is 6.42 Å². The molecule has 106 valence electrons. The highest BCUT2D eigenvalue weighted by molar-refractivity contribution is 14.0. The van der Waals surface area contributed by atoms with Crippen molar-refractivity contribution in [1.29, 1.82) is 0 Å². The fraction of sp³-hybridized carbons (Fsp3) is 0.308. The summed E-state index contributed by atoms with van der Waals surface area (Å²) in [7, 11) is 0. The Morgan fingerprint density at radius 2 is 2.11 bits per heavy atom. The third-order valence-corrected chi connectivity index (χ3v) is 2.09. The van der Waals surface area contributed by atoms with Crippen LogP contribution in [0.1, 0.15) is 6.42 Å². The monoisotopic (exact) mass is 379 g/mol. The molecule has 0 aliphatic carbocycles. The van der Waals surface area contributed by atoms with Gasteiger partial charge < -0.3 is 15.8 Å². The lowest BCUT2D eigenvalue weighted by Gasteiger charge is -2.05. The van der Waals surface area contributed by atoms with E-state index in [1.807, 2.05) is 0 Å². The summed E-state index contributed by atoms with van der Waals surface area (Å²) >= 11 is 0. The lowest BCUT2D eigenvalue weighted by Crippen LogP contribution is -2.31. The summed E-state index contributed by atoms with van der Waals surface area (Å²) < 4.78 is 18.0. The van der Waals surface area contributed by atoms with Crippen LogP contribution < -0.4 is 15.8 Å². The molecule has 0 aromatic heterocycles. The number of hydrogen-bond donors (Lipinski definition) is 2. The van der Waals surface area contributed by atoms with Gasteiger partial charge in [0.2, 0.25) is 0 Å². The Hall–Kier alpha value is -1.31. The molecule has 1 aromatic carbocycles. The number of rotatable bonds is 7. The van der Waals surface area contributed by atoms with Crippen LogP contribution in [-0.2, 0) is 0 Å². The molecule has 0 aliphatic rings. The van der Waals surface area contributed by atoms with Crippen molar-refractivity contribution in [3.63, 3.8) is 0 Å². The highest BCUT2D eigenvalue weighted by Gasteiger charge is 1.94. The maximum atomic E-state index is 12.6. The number of nitrogens with two attached hydrogens (primary N) is 1. The predicted molar refractivity (Wildman–Crippen MR) is 86.6 cm³/mol. The largest absolute Gasteiger partial charge is 0.494 e. The van der Waals surface area contributed by atoms with E-state index in [2.05, 4.69) is 16.9 Å². The van der Waals surface area contributed by atoms with Crippen LogP contribution in [0.25, 0.3) is 0 Å². The summed E-state index contributed by atoms with van der Waals surface area (Å²) in [6.45, 7) is 5.26. The van der Waals surface area contributed by atoms with E-state index in [0.29, 0.717) is 31.4 Å². The van der Waals surface area contributed by atoms with Crippen LogP contribution in [0.4, 0.5) is 4.39 Å². The van der Waals surface area contributed by atoms with Gasteiger partial charge >= 0.3 is 0 Å². The number of halogens is 2. The Bertz CT molecular complexity index is 395. The van der Waals surface area contributed by atoms with Crippen LogP contribution in [0.5, 0.6) is 5.75 Å². The molecule has 0 bridgehead atoms. The van der Waals surface area contributed by atoms with Crippen molar-refractivity contribution in [3.8, 4) is 5.75 Å². The van der Waals surface area contributed by atoms with E-state index in [0.717, 1.165) is 6.42 Å². The number of benzene rings is 1. The summed E-state index contributed by atoms with van der Waals surface area (Å²) in [6.07, 6.45) is 2.45. The second-order valence-corrected chi connectivity index (χ2v) is 3.59. The highest BCUT2D eigenvalue weighted by atomic mass is 127. The minimum absolute atomic E-state index is 0. The smallest absolute Gasteiger partial charge is 0.188 e. The standard InChI is InChI=1S/C13H18FN3O.HI/c1-2-8-16-13(15)17-9-3-10-18-12-6-4-11(14)5-7-12;/h2,4-7H,1,3,8-10H2,(H3,15,16,17);1H. The Labute approximate surface area is 130 Å². The summed E-state index contributed by atoms with van der Waals surface area (Å²) in [5.41, 5.74) is 5.58. The first-order valence-corrected chi connectivity index (χ1v) is 5.75. The van der Waals surface area contributed by atoms with E-state index in [4.69, 9.17) is 10.5 Å². The highest BCUT2D eigenvalue weighted by Crippen LogP contribution is 2.10. The number of nitrogens with zero attached hydrogens (tertiary/aromatic N) is 1. The van der Waals surface area contributed by atoms with E-state index < -0.39 is 0 Å². The molecule has 19 heavy (non-hydrogen) atoms. The van der Waals surface area contributed by atoms with Gasteiger partial charge in [0.05, 0.1) is 6.61 Å². The minimum atomic E-state index is -0.270. The zero-order valence-corrected chi connectivity index (χ0v) is 13.0. The lowest BCUT2D eigenvalue weighted by atomic mass is 10.3. The van der Waals surface area contributed by atoms with Gasteiger partial charge in [0.15, 0.2) is 5.96 Å². The van der Waals surface area contributed by atoms with Crippen molar-refractivity contribution in [1.82, 2.24) is 5.32 Å². The Kier molecular flexibility index (Phi) is 9.87. The number of ether oxygens (including phenoxy) is 1. The molecule has 0 radical (unpaired) electrons. The average Bonchev–Trinajstić information content (AvgIpc) is 2.38. The predicted octanol–water partition coefficient (Wildman–Crippen LogP) is 2.30. The lowest BCUT2D eigenvalue weighted by molar-refractivity contribution is 0.313. The molecule has 1 rings (SSSR count). The first-order valence-electron chi connectivity index (χ1n) is 5.75. The second-order valence-electron chi connectivity index (χ2n) is 3.59. The number of aliphatic imine (C=N–C) groups is 1. The van der Waals surface area contributed by atoms with Crippen molar-refractivity contribution in [2.24, 2.45) is 10.7 Å². The molecule has 1 aromatic rings. The topological polar surface area (TPSA) is 59.6 Å². The molecule has 0 atom stereocenters. The SMILES string of the molecule is C=CCNC(N)=NCCCOc1ccc(F)cc1.I. The van der Waals surface area contributed by atoms with Gasteiger partial charge in [-0.1, -0.05) is 6.08 Å². The third-order valence-electron chi connectivity index (χ3n) is 2.09. The summed E-state index contributed by atoms with van der Waals surface area (Å²) in [5.74, 6) is 0.780. The third kappa shape index (κ3) is 8.41. The Balaban J connectivity index is 0.00000324. The number of guanidine groups is 1. The van der Waals surface area contributed by atoms with Crippen molar-refractivity contribution in [3.05, 3.63) is 42.7 Å². The van der Waals surface area contributed by atoms with Gasteiger partial charge in [0.25, 0.3) is 0 Å². The van der Waals surface area contributed by atoms with Gasteiger partial charge in [-0.05, 0) is 24.3 Å². The molecular weight excluding hydrogens is 360 g/mol. The van der Waals surface area contributed by atoms with Crippen LogP contribution in [0.15, 0.2) is 41.9 Å². The van der Waals surface area contributed by atoms with Gasteiger partial charge in [-0.15, -0.1) is 30.6 Å². The van der Waals surface area contributed by atoms with Gasteiger partial charge in [-0.2, -0.15) is 0 Å². The normalized spacial score (nSPS) is 10.5. The van der Waals surface area contributed by atoms with Crippen LogP contribution in [0.3, 0.4) is 0 Å². The fourth-order valence-electron chi connectivity index (χ4n) is 1.22. The second kappa shape index (κ2) is 10.6. The van der Waals surface area contributed by atoms with Crippen LogP contribution in [-0.4, -0.2) is 25.7 Å². The van der Waals surface area contributed by atoms with E-state index >= 15 is 0 Å². The maximum absolute atomic E-state index is 12.6. The quantitative estimate of drug-likeness (QED) is 0.251. The number of hydrogen-bond acceptors (Lipinski definition) is 2. The van der Waals surface area contributed by atoms with Crippen LogP contribution >= 0.6 is 24.0 Å². The minimum Gasteiger partial charge on any atom is -0.494 e. The molecule has 3 N–H and O–H groups in total. The molecule has 0 amide bonds. The van der Waals surface area contributed by atoms with Crippen molar-refractivity contribution < 1.29 is 9.13 Å². The van der Waals surface area contributed by atoms with E-state index in [9.17, 15) is 4.39 Å². The van der Waals surface area contributed by atoms with Crippen LogP contribution in [0.2, 0.25) is 0 Å². The molecule has 0 saturated heterocycles. The molecule has 6 heteroatoms. The molecule has 0 fully saturated rings. The van der Waals surface area contributed by atoms with Gasteiger partial charge in [0.1, 0.15) is 11.6 Å². The maximum Gasteiger partial charge on any atom is 0.188 e. The zero-order chi connectivity index (χ0) is 13.2. The van der Waals surface area contributed by atoms with E-state index in [-0.39, 0.29) is 29.8 Å². The Morgan fingerprint density at radius 3 is 2.74 bits per heavy atom. The molecule has 4 nitrogen and oxygen atoms in total. The van der Waals surface area contributed by atoms with Crippen LogP contribution in [0, 0.1) is 5.82 Å². The first kappa shape index (κ1) is 17.7. The van der Waals surface area contributed by atoms with E-state index in [1.165, 1.54) is 12.1 Å². The zero-order valence-electron chi connectivity index (χ0n) is 10.6. The molecule has 0 aliphatic heterocycles. The van der Waals surface area contributed by atoms with Crippen molar-refractivity contribution in [2.75, 3.05) is 19.7 Å². The van der Waals surface area contributed by atoms with Gasteiger partial charge in [-0.3, -0.25) is 4.99 Å². The molecule has 0 heterocycles. The molecular formula is C13H19FIN3O. The average molecular weight is 379 g/mol. The van der Waals surface area contributed by atoms with Gasteiger partial charge in [0, 0.05) is 19.5 Å². The molecule has 0 saturated carbocycles. The summed E-state index contributed by atoms with van der Waals surface area (Å²) in [6, 6.07) is 5.92. The van der Waals surface area contributed by atoms with Crippen molar-refractivity contribution >= 4 is 29.9 Å². The van der Waals surface area contributed by atoms with E-state index in [1.54, 1.807) is 18.2 Å². The Morgan fingerprint density at radius 1 is 1.42 bits per heavy atom. The summed E-state index contributed by atoms with van der Waals surface area (Å²) in [4.78, 5) is 4.10. The summed E-state index contributed by atoms with van der Waals surface area (Å²) in [5, 5.41) is 2.87.